The number of rotatable bonds is 2. The van der Waals surface area contributed by atoms with Crippen molar-refractivity contribution >= 4 is 5.97 Å². The highest BCUT2D eigenvalue weighted by Crippen LogP contribution is 2.66. The van der Waals surface area contributed by atoms with Crippen LogP contribution in [0.1, 0.15) is 58.3 Å². The van der Waals surface area contributed by atoms with Crippen LogP contribution < -0.4 is 0 Å². The molecule has 3 aliphatic rings. The summed E-state index contributed by atoms with van der Waals surface area (Å²) in [6, 6.07) is 0. The van der Waals surface area contributed by atoms with Crippen molar-refractivity contribution in [1.29, 1.82) is 0 Å². The molecule has 0 saturated heterocycles. The summed E-state index contributed by atoms with van der Waals surface area (Å²) in [5, 5.41) is 11.2. The largest absolute Gasteiger partial charge is 0.466 e. The Morgan fingerprint density at radius 1 is 1.35 bits per heavy atom. The number of hydrogen-bond donors (Lipinski definition) is 1. The Morgan fingerprint density at radius 3 is 2.80 bits per heavy atom. The fraction of sp³-hybridized carbons (Fsp3) is 0.824. The molecule has 3 rings (SSSR count). The zero-order valence-corrected chi connectivity index (χ0v) is 12.5. The van der Waals surface area contributed by atoms with Gasteiger partial charge in [-0.25, -0.2) is 0 Å². The average molecular weight is 278 g/mol. The zero-order valence-electron chi connectivity index (χ0n) is 12.5. The van der Waals surface area contributed by atoms with E-state index in [0.29, 0.717) is 13.0 Å². The van der Waals surface area contributed by atoms with Gasteiger partial charge in [-0.15, -0.1) is 0 Å². The van der Waals surface area contributed by atoms with Crippen molar-refractivity contribution in [1.82, 2.24) is 0 Å². The van der Waals surface area contributed by atoms with Crippen LogP contribution in [-0.4, -0.2) is 23.3 Å². The van der Waals surface area contributed by atoms with Gasteiger partial charge < -0.3 is 9.84 Å². The molecule has 0 aliphatic heterocycles. The summed E-state index contributed by atoms with van der Waals surface area (Å²) >= 11 is 0. The predicted octanol–water partition coefficient (Wildman–Crippen LogP) is 3.22. The Balaban J connectivity index is 1.96. The van der Waals surface area contributed by atoms with E-state index in [1.807, 2.05) is 6.92 Å². The fourth-order valence-corrected chi connectivity index (χ4v) is 5.42. The van der Waals surface area contributed by atoms with Gasteiger partial charge in [-0.1, -0.05) is 31.4 Å². The van der Waals surface area contributed by atoms with E-state index < -0.39 is 5.60 Å². The second-order valence-electron chi connectivity index (χ2n) is 6.96. The summed E-state index contributed by atoms with van der Waals surface area (Å²) in [4.78, 5) is 12.3. The summed E-state index contributed by atoms with van der Waals surface area (Å²) in [6.07, 6.45) is 7.83. The molecule has 4 atom stereocenters. The lowest BCUT2D eigenvalue weighted by molar-refractivity contribution is -0.164. The van der Waals surface area contributed by atoms with E-state index in [-0.39, 0.29) is 23.2 Å². The number of ether oxygens (including phenoxy) is 1. The monoisotopic (exact) mass is 278 g/mol. The molecule has 3 saturated carbocycles. The fourth-order valence-electron chi connectivity index (χ4n) is 5.42. The SMILES string of the molecule is C=C1C[C@]2(O)CCCC[C@@]23CCC[C@H](C(=O)OCC)[C@@H]13. The Bertz CT molecular complexity index is 426. The second kappa shape index (κ2) is 4.87. The molecule has 0 aromatic carbocycles. The van der Waals surface area contributed by atoms with E-state index in [0.717, 1.165) is 44.1 Å². The molecular formula is C17H26O3. The number of aliphatic hydroxyl groups is 1. The lowest BCUT2D eigenvalue weighted by Gasteiger charge is -2.53. The van der Waals surface area contributed by atoms with Gasteiger partial charge in [0.25, 0.3) is 0 Å². The van der Waals surface area contributed by atoms with Crippen LogP contribution in [0.25, 0.3) is 0 Å². The minimum Gasteiger partial charge on any atom is -0.466 e. The Labute approximate surface area is 121 Å². The minimum absolute atomic E-state index is 0.0763. The third kappa shape index (κ3) is 1.78. The van der Waals surface area contributed by atoms with E-state index in [1.54, 1.807) is 0 Å². The van der Waals surface area contributed by atoms with Gasteiger partial charge in [-0.2, -0.15) is 0 Å². The molecule has 1 spiro atoms. The summed E-state index contributed by atoms with van der Waals surface area (Å²) in [7, 11) is 0. The highest BCUT2D eigenvalue weighted by Gasteiger charge is 2.64. The van der Waals surface area contributed by atoms with Crippen LogP contribution in [0, 0.1) is 17.3 Å². The molecule has 1 N–H and O–H groups in total. The first kappa shape index (κ1) is 14.1. The van der Waals surface area contributed by atoms with E-state index in [9.17, 15) is 9.90 Å². The molecule has 0 aromatic heterocycles. The van der Waals surface area contributed by atoms with Gasteiger partial charge in [-0.3, -0.25) is 4.79 Å². The molecule has 0 unspecified atom stereocenters. The second-order valence-corrected chi connectivity index (χ2v) is 6.96. The van der Waals surface area contributed by atoms with Crippen LogP contribution >= 0.6 is 0 Å². The maximum atomic E-state index is 12.3. The highest BCUT2D eigenvalue weighted by molar-refractivity contribution is 5.74. The van der Waals surface area contributed by atoms with Crippen molar-refractivity contribution in [3.8, 4) is 0 Å². The lowest BCUT2D eigenvalue weighted by atomic mass is 9.53. The molecule has 0 radical (unpaired) electrons. The van der Waals surface area contributed by atoms with Crippen LogP contribution in [0.4, 0.5) is 0 Å². The molecule has 20 heavy (non-hydrogen) atoms. The van der Waals surface area contributed by atoms with Crippen LogP contribution in [0.5, 0.6) is 0 Å². The first-order valence-electron chi connectivity index (χ1n) is 8.11. The van der Waals surface area contributed by atoms with Crippen molar-refractivity contribution in [2.75, 3.05) is 6.61 Å². The maximum absolute atomic E-state index is 12.3. The number of esters is 1. The molecule has 0 heterocycles. The molecule has 3 heteroatoms. The molecule has 3 nitrogen and oxygen atoms in total. The summed E-state index contributed by atoms with van der Waals surface area (Å²) < 4.78 is 5.29. The number of carbonyl (C=O) groups excluding carboxylic acids is 1. The normalized spacial score (nSPS) is 43.8. The molecule has 0 bridgehead atoms. The molecule has 3 aliphatic carbocycles. The van der Waals surface area contributed by atoms with Gasteiger partial charge in [0.2, 0.25) is 0 Å². The molecule has 112 valence electrons. The van der Waals surface area contributed by atoms with Gasteiger partial charge >= 0.3 is 5.97 Å². The van der Waals surface area contributed by atoms with Crippen molar-refractivity contribution in [2.45, 2.75) is 63.9 Å². The molecule has 0 aromatic rings. The number of carbonyl (C=O) groups is 1. The summed E-state index contributed by atoms with van der Waals surface area (Å²) in [6.45, 7) is 6.52. The Kier molecular flexibility index (Phi) is 3.44. The van der Waals surface area contributed by atoms with Crippen molar-refractivity contribution in [3.05, 3.63) is 12.2 Å². The predicted molar refractivity (Wildman–Crippen MR) is 77.1 cm³/mol. The van der Waals surface area contributed by atoms with Crippen LogP contribution in [0.15, 0.2) is 12.2 Å². The minimum atomic E-state index is -0.613. The van der Waals surface area contributed by atoms with Gasteiger partial charge in [-0.05, 0) is 39.0 Å². The number of hydrogen-bond acceptors (Lipinski definition) is 3. The Morgan fingerprint density at radius 2 is 2.05 bits per heavy atom. The van der Waals surface area contributed by atoms with E-state index >= 15 is 0 Å². The molecule has 3 fully saturated rings. The van der Waals surface area contributed by atoms with E-state index in [2.05, 4.69) is 6.58 Å². The molecule has 0 amide bonds. The first-order valence-corrected chi connectivity index (χ1v) is 8.11. The topological polar surface area (TPSA) is 46.5 Å². The highest BCUT2D eigenvalue weighted by atomic mass is 16.5. The van der Waals surface area contributed by atoms with Crippen LogP contribution in [0.3, 0.4) is 0 Å². The van der Waals surface area contributed by atoms with Gasteiger partial charge in [0.05, 0.1) is 18.1 Å². The quantitative estimate of drug-likeness (QED) is 0.623. The maximum Gasteiger partial charge on any atom is 0.309 e. The van der Waals surface area contributed by atoms with Crippen LogP contribution in [0.2, 0.25) is 0 Å². The summed E-state index contributed by atoms with van der Waals surface area (Å²) in [5.74, 6) is -0.0172. The third-order valence-electron chi connectivity index (χ3n) is 6.07. The van der Waals surface area contributed by atoms with Crippen molar-refractivity contribution in [3.63, 3.8) is 0 Å². The third-order valence-corrected chi connectivity index (χ3v) is 6.07. The van der Waals surface area contributed by atoms with Gasteiger partial charge in [0, 0.05) is 11.3 Å². The first-order chi connectivity index (χ1) is 9.54. The Hall–Kier alpha value is -0.830. The van der Waals surface area contributed by atoms with E-state index in [1.165, 1.54) is 6.42 Å². The van der Waals surface area contributed by atoms with Crippen molar-refractivity contribution in [2.24, 2.45) is 17.3 Å². The van der Waals surface area contributed by atoms with Gasteiger partial charge in [0.1, 0.15) is 0 Å². The van der Waals surface area contributed by atoms with Gasteiger partial charge in [0.15, 0.2) is 0 Å². The zero-order chi connectivity index (χ0) is 14.4. The lowest BCUT2D eigenvalue weighted by Crippen LogP contribution is -2.53. The summed E-state index contributed by atoms with van der Waals surface area (Å²) in [5.41, 5.74) is 0.378. The average Bonchev–Trinajstić information content (AvgIpc) is 2.66. The van der Waals surface area contributed by atoms with E-state index in [4.69, 9.17) is 4.74 Å². The van der Waals surface area contributed by atoms with Crippen LogP contribution in [-0.2, 0) is 9.53 Å². The standard InChI is InChI=1S/C17H26O3/c1-3-20-15(18)13-7-6-9-16-8-4-5-10-17(16,19)11-12(2)14(13)16/h13-14,19H,2-11H2,1H3/t13-,14+,16-,17+/m0/s1. The smallest absolute Gasteiger partial charge is 0.309 e. The molecular weight excluding hydrogens is 252 g/mol. The van der Waals surface area contributed by atoms with Crippen molar-refractivity contribution < 1.29 is 14.6 Å².